The van der Waals surface area contributed by atoms with Crippen LogP contribution >= 0.6 is 0 Å². The van der Waals surface area contributed by atoms with Gasteiger partial charge in [0.25, 0.3) is 0 Å². The normalized spacial score (nSPS) is 21.6. The molecule has 0 radical (unpaired) electrons. The summed E-state index contributed by atoms with van der Waals surface area (Å²) in [5, 5.41) is 3.18. The molecule has 0 amide bonds. The first-order chi connectivity index (χ1) is 9.50. The van der Waals surface area contributed by atoms with Crippen molar-refractivity contribution in [1.82, 2.24) is 0 Å². The lowest BCUT2D eigenvalue weighted by Gasteiger charge is -2.19. The fourth-order valence-corrected chi connectivity index (χ4v) is 3.95. The van der Waals surface area contributed by atoms with Crippen LogP contribution in [0.4, 0.5) is 0 Å². The molecular weight excluding hydrogens is 278 g/mol. The van der Waals surface area contributed by atoms with E-state index in [1.54, 1.807) is 0 Å². The second kappa shape index (κ2) is 6.52. The molecule has 0 heterocycles. The molecule has 2 aliphatic rings. The predicted molar refractivity (Wildman–Crippen MR) is 76.9 cm³/mol. The first-order valence-corrected chi connectivity index (χ1v) is 8.68. The van der Waals surface area contributed by atoms with Crippen molar-refractivity contribution in [3.8, 4) is 0 Å². The van der Waals surface area contributed by atoms with Crippen LogP contribution < -0.4 is 0 Å². The maximum atomic E-state index is 12.1. The van der Waals surface area contributed by atoms with Crippen molar-refractivity contribution < 1.29 is 17.5 Å². The maximum Gasteiger partial charge on any atom is 0.331 e. The van der Waals surface area contributed by atoms with Gasteiger partial charge in [-0.25, -0.2) is 0 Å². The highest BCUT2D eigenvalue weighted by Gasteiger charge is 2.29. The third-order valence-electron chi connectivity index (χ3n) is 3.87. The Balaban J connectivity index is 2.10. The van der Waals surface area contributed by atoms with E-state index in [0.717, 1.165) is 44.1 Å². The Morgan fingerprint density at radius 2 is 1.95 bits per heavy atom. The molecule has 0 saturated heterocycles. The summed E-state index contributed by atoms with van der Waals surface area (Å²) in [5.74, 6) is -0.253. The van der Waals surface area contributed by atoms with Crippen LogP contribution in [-0.2, 0) is 19.2 Å². The van der Waals surface area contributed by atoms with E-state index < -0.39 is 15.4 Å². The van der Waals surface area contributed by atoms with Gasteiger partial charge in [-0.2, -0.15) is 8.42 Å². The van der Waals surface area contributed by atoms with Gasteiger partial charge in [-0.05, 0) is 37.7 Å². The van der Waals surface area contributed by atoms with E-state index in [4.69, 9.17) is 4.28 Å². The molecule has 0 aromatic heterocycles. The van der Waals surface area contributed by atoms with E-state index in [2.05, 4.69) is 5.16 Å². The van der Waals surface area contributed by atoms with Gasteiger partial charge < -0.3 is 0 Å². The number of oxime groups is 1. The topological polar surface area (TPSA) is 72.8 Å². The molecule has 0 aromatic carbocycles. The monoisotopic (exact) mass is 299 g/mol. The molecule has 2 rings (SSSR count). The summed E-state index contributed by atoms with van der Waals surface area (Å²) in [6.07, 6.45) is 8.67. The molecule has 0 unspecified atom stereocenters. The Hall–Kier alpha value is -1.17. The van der Waals surface area contributed by atoms with Crippen LogP contribution in [0.15, 0.2) is 16.8 Å². The summed E-state index contributed by atoms with van der Waals surface area (Å²) in [5.41, 5.74) is 0.957. The summed E-state index contributed by atoms with van der Waals surface area (Å²) in [4.78, 5) is 11.6. The molecule has 1 fully saturated rings. The second-order valence-corrected chi connectivity index (χ2v) is 7.25. The summed E-state index contributed by atoms with van der Waals surface area (Å²) >= 11 is 0. The van der Waals surface area contributed by atoms with Crippen molar-refractivity contribution in [3.05, 3.63) is 11.6 Å². The molecule has 0 aliphatic heterocycles. The van der Waals surface area contributed by atoms with Crippen LogP contribution in [0.5, 0.6) is 0 Å². The zero-order valence-electron chi connectivity index (χ0n) is 11.8. The first kappa shape index (κ1) is 15.2. The molecule has 2 aliphatic carbocycles. The van der Waals surface area contributed by atoms with Crippen LogP contribution in [0.3, 0.4) is 0 Å². The summed E-state index contributed by atoms with van der Waals surface area (Å²) in [6, 6.07) is 0. The van der Waals surface area contributed by atoms with Crippen molar-refractivity contribution in [2.75, 3.05) is 0 Å². The Labute approximate surface area is 120 Å². The van der Waals surface area contributed by atoms with Crippen LogP contribution in [0.25, 0.3) is 0 Å². The van der Waals surface area contributed by atoms with E-state index >= 15 is 0 Å². The van der Waals surface area contributed by atoms with Gasteiger partial charge >= 0.3 is 10.1 Å². The number of carbonyl (C=O) groups is 1. The van der Waals surface area contributed by atoms with Crippen LogP contribution in [-0.4, -0.2) is 25.2 Å². The molecule has 6 heteroatoms. The van der Waals surface area contributed by atoms with E-state index in [-0.39, 0.29) is 11.5 Å². The highest BCUT2D eigenvalue weighted by molar-refractivity contribution is 7.87. The Morgan fingerprint density at radius 1 is 1.25 bits per heavy atom. The van der Waals surface area contributed by atoms with E-state index in [1.807, 2.05) is 6.08 Å². The minimum absolute atomic E-state index is 0.155. The van der Waals surface area contributed by atoms with Crippen LogP contribution in [0.1, 0.15) is 58.3 Å². The molecule has 0 bridgehead atoms. The highest BCUT2D eigenvalue weighted by Crippen LogP contribution is 2.25. The summed E-state index contributed by atoms with van der Waals surface area (Å²) in [6.45, 7) is 1.38. The third kappa shape index (κ3) is 3.69. The van der Waals surface area contributed by atoms with Crippen LogP contribution in [0.2, 0.25) is 0 Å². The average Bonchev–Trinajstić information content (AvgIpc) is 2.93. The number of hydrogen-bond acceptors (Lipinski definition) is 5. The lowest BCUT2D eigenvalue weighted by atomic mass is 10.0. The lowest BCUT2D eigenvalue weighted by Crippen LogP contribution is -2.25. The standard InChI is InChI=1S/C14H21NO4S/c1-11(16)14(12-7-5-6-8-12)15-19-20(17,18)13-9-3-2-4-10-13/h7,13H,2-6,8-10H2,1H3. The molecule has 0 atom stereocenters. The third-order valence-corrected chi connectivity index (χ3v) is 5.44. The van der Waals surface area contributed by atoms with Crippen LogP contribution in [0, 0.1) is 0 Å². The van der Waals surface area contributed by atoms with E-state index in [0.29, 0.717) is 12.8 Å². The second-order valence-electron chi connectivity index (χ2n) is 5.45. The Kier molecular flexibility index (Phi) is 4.96. The molecule has 112 valence electrons. The molecule has 1 saturated carbocycles. The zero-order valence-corrected chi connectivity index (χ0v) is 12.6. The van der Waals surface area contributed by atoms with Gasteiger partial charge in [0.2, 0.25) is 0 Å². The highest BCUT2D eigenvalue weighted by atomic mass is 32.2. The molecule has 0 N–H and O–H groups in total. The molecule has 20 heavy (non-hydrogen) atoms. The number of nitrogens with zero attached hydrogens (tertiary/aromatic N) is 1. The van der Waals surface area contributed by atoms with Gasteiger partial charge in [-0.3, -0.25) is 9.08 Å². The number of rotatable bonds is 5. The van der Waals surface area contributed by atoms with Gasteiger partial charge in [0, 0.05) is 6.92 Å². The molecular formula is C14H21NO4S. The van der Waals surface area contributed by atoms with Gasteiger partial charge in [0.05, 0.1) is 5.25 Å². The first-order valence-electron chi connectivity index (χ1n) is 7.21. The van der Waals surface area contributed by atoms with Crippen molar-refractivity contribution in [2.24, 2.45) is 5.16 Å². The number of allylic oxidation sites excluding steroid dienone is 2. The van der Waals surface area contributed by atoms with Gasteiger partial charge in [0.15, 0.2) is 5.78 Å². The summed E-state index contributed by atoms with van der Waals surface area (Å²) < 4.78 is 28.9. The van der Waals surface area contributed by atoms with Gasteiger partial charge in [-0.1, -0.05) is 30.5 Å². The maximum absolute atomic E-state index is 12.1. The van der Waals surface area contributed by atoms with Crippen molar-refractivity contribution >= 4 is 21.6 Å². The SMILES string of the molecule is CC(=O)C(=NOS(=O)(=O)C1CCCCC1)C1=CCCC1. The quantitative estimate of drug-likeness (QED) is 0.578. The van der Waals surface area contributed by atoms with Crippen molar-refractivity contribution in [2.45, 2.75) is 63.5 Å². The zero-order chi connectivity index (χ0) is 14.6. The van der Waals surface area contributed by atoms with Gasteiger partial charge in [-0.15, -0.1) is 0 Å². The van der Waals surface area contributed by atoms with E-state index in [1.165, 1.54) is 6.92 Å². The van der Waals surface area contributed by atoms with Crippen molar-refractivity contribution in [1.29, 1.82) is 0 Å². The minimum Gasteiger partial charge on any atom is -0.293 e. The number of carbonyl (C=O) groups excluding carboxylic acids is 1. The Morgan fingerprint density at radius 3 is 2.50 bits per heavy atom. The Bertz CT molecular complexity index is 527. The lowest BCUT2D eigenvalue weighted by molar-refractivity contribution is -0.111. The van der Waals surface area contributed by atoms with E-state index in [9.17, 15) is 13.2 Å². The summed E-state index contributed by atoms with van der Waals surface area (Å²) in [7, 11) is -3.71. The fourth-order valence-electron chi connectivity index (χ4n) is 2.74. The molecule has 5 nitrogen and oxygen atoms in total. The largest absolute Gasteiger partial charge is 0.331 e. The number of Topliss-reactive ketones (excluding diaryl/α,β-unsaturated/α-hetero) is 1. The number of ketones is 1. The fraction of sp³-hybridized carbons (Fsp3) is 0.714. The smallest absolute Gasteiger partial charge is 0.293 e. The van der Waals surface area contributed by atoms with Gasteiger partial charge in [0.1, 0.15) is 5.71 Å². The molecule has 0 spiro atoms. The predicted octanol–water partition coefficient (Wildman–Crippen LogP) is 2.72. The number of hydrogen-bond donors (Lipinski definition) is 0. The average molecular weight is 299 g/mol. The van der Waals surface area contributed by atoms with Crippen molar-refractivity contribution in [3.63, 3.8) is 0 Å². The minimum atomic E-state index is -3.71. The molecule has 0 aromatic rings.